The third-order valence-corrected chi connectivity index (χ3v) is 7.45. The molecule has 8 nitrogen and oxygen atoms in total. The van der Waals surface area contributed by atoms with E-state index in [1.807, 2.05) is 0 Å². The van der Waals surface area contributed by atoms with Crippen molar-refractivity contribution in [3.63, 3.8) is 0 Å². The number of carbonyl (C=O) groups is 1. The molecule has 1 aromatic heterocycles. The Morgan fingerprint density at radius 3 is 2.41 bits per heavy atom. The molecule has 196 valence electrons. The Kier molecular flexibility index (Phi) is 7.13. The quantitative estimate of drug-likeness (QED) is 0.213. The molecular weight excluding hydrogens is 506 g/mol. The topological polar surface area (TPSA) is 109 Å². The lowest BCUT2D eigenvalue weighted by molar-refractivity contribution is 0.0408. The lowest BCUT2D eigenvalue weighted by Crippen LogP contribution is -2.46. The number of aliphatic hydroxyl groups excluding tert-OH is 1. The molecular formula is C26H27ClF2N4O4. The van der Waals surface area contributed by atoms with Crippen molar-refractivity contribution in [1.29, 1.82) is 5.41 Å². The maximum Gasteiger partial charge on any atom is 0.356 e. The molecule has 3 atom stereocenters. The number of piperidine rings is 1. The Bertz CT molecular complexity index is 1230. The number of methoxy groups -OCH3 is 1. The fourth-order valence-corrected chi connectivity index (χ4v) is 5.53. The van der Waals surface area contributed by atoms with Gasteiger partial charge < -0.3 is 19.5 Å². The molecule has 5 rings (SSSR count). The van der Waals surface area contributed by atoms with E-state index in [0.717, 1.165) is 37.8 Å². The Morgan fingerprint density at radius 2 is 1.81 bits per heavy atom. The van der Waals surface area contributed by atoms with Gasteiger partial charge in [0, 0.05) is 29.6 Å². The summed E-state index contributed by atoms with van der Waals surface area (Å²) >= 11 is 6.08. The molecule has 0 radical (unpaired) electrons. The highest BCUT2D eigenvalue weighted by atomic mass is 35.5. The van der Waals surface area contributed by atoms with Crippen molar-refractivity contribution >= 4 is 29.1 Å². The minimum Gasteiger partial charge on any atom is -0.512 e. The zero-order valence-electron chi connectivity index (χ0n) is 20.2. The van der Waals surface area contributed by atoms with E-state index in [4.69, 9.17) is 26.5 Å². The van der Waals surface area contributed by atoms with Crippen LogP contribution in [0.25, 0.3) is 0 Å². The third-order valence-electron chi connectivity index (χ3n) is 7.29. The Balaban J connectivity index is 1.32. The second kappa shape index (κ2) is 10.3. The van der Waals surface area contributed by atoms with Gasteiger partial charge in [-0.15, -0.1) is 0 Å². The van der Waals surface area contributed by atoms with Crippen molar-refractivity contribution in [1.82, 2.24) is 9.97 Å². The van der Waals surface area contributed by atoms with Crippen LogP contribution in [0.5, 0.6) is 0 Å². The number of aromatic nitrogens is 2. The van der Waals surface area contributed by atoms with E-state index in [1.54, 1.807) is 6.07 Å². The summed E-state index contributed by atoms with van der Waals surface area (Å²) in [6, 6.07) is 5.16. The van der Waals surface area contributed by atoms with Gasteiger partial charge in [0.25, 0.3) is 0 Å². The van der Waals surface area contributed by atoms with Crippen LogP contribution in [0, 0.1) is 23.0 Å². The summed E-state index contributed by atoms with van der Waals surface area (Å²) in [4.78, 5) is 22.4. The van der Waals surface area contributed by atoms with Crippen LogP contribution in [0.2, 0.25) is 5.28 Å². The molecule has 1 aliphatic carbocycles. The third kappa shape index (κ3) is 5.17. The van der Waals surface area contributed by atoms with Gasteiger partial charge in [0.05, 0.1) is 31.1 Å². The Morgan fingerprint density at radius 1 is 1.16 bits per heavy atom. The van der Waals surface area contributed by atoms with Gasteiger partial charge >= 0.3 is 5.97 Å². The van der Waals surface area contributed by atoms with Crippen molar-refractivity contribution in [2.45, 2.75) is 56.7 Å². The van der Waals surface area contributed by atoms with Crippen LogP contribution in [-0.4, -0.2) is 58.7 Å². The molecule has 2 saturated heterocycles. The minimum atomic E-state index is -0.854. The van der Waals surface area contributed by atoms with Gasteiger partial charge in [0.1, 0.15) is 23.2 Å². The van der Waals surface area contributed by atoms with Gasteiger partial charge in [-0.05, 0) is 62.3 Å². The number of ether oxygens (including phenoxy) is 2. The Hall–Kier alpha value is -3.11. The maximum atomic E-state index is 14.4. The zero-order valence-corrected chi connectivity index (χ0v) is 21.0. The Labute approximate surface area is 217 Å². The maximum absolute atomic E-state index is 14.4. The van der Waals surface area contributed by atoms with Crippen LogP contribution in [0.3, 0.4) is 0 Å². The number of anilines is 1. The molecule has 37 heavy (non-hydrogen) atoms. The molecule has 3 fully saturated rings. The number of hydrogen-bond acceptors (Lipinski definition) is 8. The first kappa shape index (κ1) is 25.5. The number of allylic oxidation sites excluding steroid dienone is 1. The molecule has 1 saturated carbocycles. The number of esters is 1. The van der Waals surface area contributed by atoms with E-state index in [0.29, 0.717) is 18.7 Å². The van der Waals surface area contributed by atoms with E-state index in [-0.39, 0.29) is 53.0 Å². The summed E-state index contributed by atoms with van der Waals surface area (Å²) in [6.07, 6.45) is 4.42. The number of halogens is 3. The first-order chi connectivity index (χ1) is 17.8. The predicted molar refractivity (Wildman–Crippen MR) is 132 cm³/mol. The van der Waals surface area contributed by atoms with Crippen LogP contribution < -0.4 is 4.90 Å². The normalized spacial score (nSPS) is 23.6. The van der Waals surface area contributed by atoms with Crippen molar-refractivity contribution in [3.05, 3.63) is 63.8 Å². The van der Waals surface area contributed by atoms with Crippen LogP contribution in [0.1, 0.15) is 54.6 Å². The smallest absolute Gasteiger partial charge is 0.356 e. The van der Waals surface area contributed by atoms with Gasteiger partial charge in [-0.2, -0.15) is 0 Å². The molecule has 2 unspecified atom stereocenters. The first-order valence-corrected chi connectivity index (χ1v) is 12.6. The first-order valence-electron chi connectivity index (χ1n) is 12.2. The van der Waals surface area contributed by atoms with Crippen LogP contribution in [0.15, 0.2) is 35.6 Å². The van der Waals surface area contributed by atoms with Gasteiger partial charge in [0.15, 0.2) is 5.69 Å². The van der Waals surface area contributed by atoms with E-state index in [1.165, 1.54) is 13.2 Å². The molecule has 2 aromatic rings. The number of nitrogens with zero attached hydrogens (tertiary/aromatic N) is 3. The van der Waals surface area contributed by atoms with Crippen molar-refractivity contribution in [2.75, 3.05) is 18.6 Å². The zero-order chi connectivity index (χ0) is 26.3. The molecule has 3 aliphatic rings. The van der Waals surface area contributed by atoms with Gasteiger partial charge in [-0.3, -0.25) is 5.41 Å². The summed E-state index contributed by atoms with van der Waals surface area (Å²) in [5.41, 5.74) is -0.664. The predicted octanol–water partition coefficient (Wildman–Crippen LogP) is 5.00. The summed E-state index contributed by atoms with van der Waals surface area (Å²) in [5.74, 6) is -1.90. The number of aliphatic hydroxyl groups is 1. The summed E-state index contributed by atoms with van der Waals surface area (Å²) in [7, 11) is 1.27. The second-order valence-corrected chi connectivity index (χ2v) is 10.0. The number of hydrogen-bond donors (Lipinski definition) is 2. The molecule has 0 amide bonds. The molecule has 2 N–H and O–H groups in total. The van der Waals surface area contributed by atoms with Crippen molar-refractivity contribution in [2.24, 2.45) is 5.92 Å². The largest absolute Gasteiger partial charge is 0.512 e. The minimum absolute atomic E-state index is 0.0287. The number of fused-ring (bicyclic) bond motifs is 2. The van der Waals surface area contributed by atoms with Gasteiger partial charge in [0.2, 0.25) is 5.28 Å². The van der Waals surface area contributed by atoms with Crippen molar-refractivity contribution < 1.29 is 28.2 Å². The molecule has 2 bridgehead atoms. The molecule has 1 aromatic carbocycles. The fraction of sp³-hybridized carbons (Fsp3) is 0.462. The van der Waals surface area contributed by atoms with E-state index < -0.39 is 28.9 Å². The molecule has 3 heterocycles. The lowest BCUT2D eigenvalue weighted by atomic mass is 9.97. The molecule has 0 spiro atoms. The summed E-state index contributed by atoms with van der Waals surface area (Å²) < 4.78 is 39.7. The van der Waals surface area contributed by atoms with Crippen LogP contribution in [-0.2, 0) is 9.47 Å². The summed E-state index contributed by atoms with van der Waals surface area (Å²) in [6.45, 7) is -0.120. The molecule has 11 heteroatoms. The standard InChI is InChI=1S/C26H27ClF2N4O4/c1-36-25(35)20-11-21(32-26(27)31-20)33-14-7-8-15(33)10-16(9-14)37-12-17(24(34)13-5-6-13)23(30)22-18(28)3-2-4-19(22)29/h2-4,11,13-16,30,34H,5-10,12H2,1H3/b24-17-,30-23?/t14-,15?,16?/m0/s1. The fourth-order valence-electron chi connectivity index (χ4n) is 5.35. The number of benzene rings is 1. The van der Waals surface area contributed by atoms with E-state index in [2.05, 4.69) is 14.9 Å². The van der Waals surface area contributed by atoms with Crippen molar-refractivity contribution in [3.8, 4) is 0 Å². The van der Waals surface area contributed by atoms with Gasteiger partial charge in [-0.25, -0.2) is 23.5 Å². The highest BCUT2D eigenvalue weighted by molar-refractivity contribution is 6.28. The average Bonchev–Trinajstić information content (AvgIpc) is 3.68. The van der Waals surface area contributed by atoms with Crippen LogP contribution in [0.4, 0.5) is 14.6 Å². The highest BCUT2D eigenvalue weighted by Gasteiger charge is 2.42. The van der Waals surface area contributed by atoms with Gasteiger partial charge in [-0.1, -0.05) is 6.07 Å². The number of carbonyl (C=O) groups excluding carboxylic acids is 1. The second-order valence-electron chi connectivity index (χ2n) is 9.68. The average molecular weight is 533 g/mol. The number of rotatable bonds is 8. The van der Waals surface area contributed by atoms with E-state index in [9.17, 15) is 18.7 Å². The van der Waals surface area contributed by atoms with E-state index >= 15 is 0 Å². The molecule has 2 aliphatic heterocycles. The number of nitrogens with one attached hydrogen (secondary N) is 1. The highest BCUT2D eigenvalue weighted by Crippen LogP contribution is 2.41. The monoisotopic (exact) mass is 532 g/mol. The van der Waals surface area contributed by atoms with Crippen LogP contribution >= 0.6 is 11.6 Å². The lowest BCUT2D eigenvalue weighted by Gasteiger charge is -2.39. The summed E-state index contributed by atoms with van der Waals surface area (Å²) in [5, 5.41) is 19.2. The SMILES string of the molecule is COC(=O)c1cc(N2C3CC[C@H]2CC(OC/C(C(=N)c2c(F)cccc2F)=C(/O)C2CC2)C3)nc(Cl)n1.